The number of unbranched alkanes of at least 4 members (excludes halogenated alkanes) is 23. The lowest BCUT2D eigenvalue weighted by Gasteiger charge is -2.32. The Hall–Kier alpha value is -3.63. The van der Waals surface area contributed by atoms with Crippen LogP contribution >= 0.6 is 7.82 Å². The van der Waals surface area contributed by atoms with E-state index in [9.17, 15) is 28.6 Å². The summed E-state index contributed by atoms with van der Waals surface area (Å²) in [6.07, 6.45) is 55.4. The van der Waals surface area contributed by atoms with E-state index in [1.54, 1.807) is 6.08 Å². The summed E-state index contributed by atoms with van der Waals surface area (Å²) in [5.74, 6) is -1.20. The molecule has 1 aliphatic rings. The molecule has 0 aliphatic heterocycles. The number of carbonyl (C=O) groups is 4. The van der Waals surface area contributed by atoms with Crippen LogP contribution in [0.5, 0.6) is 0 Å². The van der Waals surface area contributed by atoms with Crippen LogP contribution in [0.1, 0.15) is 273 Å². The highest BCUT2D eigenvalue weighted by Crippen LogP contribution is 2.43. The SMILES string of the molecule is CCCCCCCC/C=C\CCCCCCCC(=O)OC[C@H](COP(=O)(O)OCCNC(=O)CCCCC(=O)/C=C(C)/C=C/C=C(C)/C=C/C1=C(C)CCCC1(C)C)OC(=O)CCCCCCC/C=C\CCCCCCCC. The van der Waals surface area contributed by atoms with Crippen LogP contribution in [0.3, 0.4) is 0 Å². The number of amides is 1. The Bertz CT molecular complexity index is 1890. The molecule has 0 heterocycles. The number of phosphoric acid groups is 1. The maximum Gasteiger partial charge on any atom is 0.472 e. The molecule has 11 nitrogen and oxygen atoms in total. The highest BCUT2D eigenvalue weighted by atomic mass is 31.2. The van der Waals surface area contributed by atoms with Gasteiger partial charge < -0.3 is 19.7 Å². The van der Waals surface area contributed by atoms with Crippen molar-refractivity contribution >= 4 is 31.5 Å². The lowest BCUT2D eigenvalue weighted by atomic mass is 9.72. The number of rotatable bonds is 50. The van der Waals surface area contributed by atoms with E-state index in [1.807, 2.05) is 25.2 Å². The Morgan fingerprint density at radius 2 is 1.13 bits per heavy atom. The quantitative estimate of drug-likeness (QED) is 0.0150. The molecule has 78 heavy (non-hydrogen) atoms. The second-order valence-electron chi connectivity index (χ2n) is 22.5. The second kappa shape index (κ2) is 48.1. The number of hydrogen-bond donors (Lipinski definition) is 2. The molecule has 2 atom stereocenters. The first kappa shape index (κ1) is 72.4. The summed E-state index contributed by atoms with van der Waals surface area (Å²) in [4.78, 5) is 61.1. The third-order valence-electron chi connectivity index (χ3n) is 14.4. The molecule has 1 rings (SSSR count). The zero-order chi connectivity index (χ0) is 57.4. The Balaban J connectivity index is 2.48. The average Bonchev–Trinajstić information content (AvgIpc) is 3.41. The molecular formula is C66H112NO10P. The number of esters is 2. The van der Waals surface area contributed by atoms with Gasteiger partial charge in [0, 0.05) is 32.2 Å². The normalized spacial score (nSPS) is 15.5. The van der Waals surface area contributed by atoms with Gasteiger partial charge in [0.15, 0.2) is 11.9 Å². The molecule has 0 spiro atoms. The molecule has 0 saturated heterocycles. The molecule has 446 valence electrons. The number of ether oxygens (including phenoxy) is 2. The second-order valence-corrected chi connectivity index (χ2v) is 24.0. The van der Waals surface area contributed by atoms with Gasteiger partial charge in [0.1, 0.15) is 6.61 Å². The number of carbonyl (C=O) groups excluding carboxylic acids is 4. The van der Waals surface area contributed by atoms with Crippen LogP contribution in [0.2, 0.25) is 0 Å². The third-order valence-corrected chi connectivity index (χ3v) is 15.3. The van der Waals surface area contributed by atoms with Crippen LogP contribution in [0, 0.1) is 5.41 Å². The monoisotopic (exact) mass is 1110 g/mol. The number of nitrogens with one attached hydrogen (secondary N) is 1. The fraction of sp³-hybridized carbons (Fsp3) is 0.727. The predicted molar refractivity (Wildman–Crippen MR) is 324 cm³/mol. The van der Waals surface area contributed by atoms with Gasteiger partial charge >= 0.3 is 19.8 Å². The van der Waals surface area contributed by atoms with E-state index in [0.717, 1.165) is 94.6 Å². The lowest BCUT2D eigenvalue weighted by Crippen LogP contribution is -2.30. The Kier molecular flexibility index (Phi) is 44.6. The first-order valence-corrected chi connectivity index (χ1v) is 32.6. The van der Waals surface area contributed by atoms with Gasteiger partial charge in [-0.2, -0.15) is 0 Å². The maximum absolute atomic E-state index is 12.9. The minimum absolute atomic E-state index is 0.00507. The van der Waals surface area contributed by atoms with Crippen LogP contribution in [0.25, 0.3) is 0 Å². The molecule has 1 aliphatic carbocycles. The molecule has 0 radical (unpaired) electrons. The number of hydrogen-bond acceptors (Lipinski definition) is 9. The molecule has 2 N–H and O–H groups in total. The third kappa shape index (κ3) is 43.2. The number of ketones is 1. The highest BCUT2D eigenvalue weighted by molar-refractivity contribution is 7.47. The van der Waals surface area contributed by atoms with Gasteiger partial charge in [0.2, 0.25) is 5.91 Å². The van der Waals surface area contributed by atoms with Gasteiger partial charge in [0.05, 0.1) is 13.2 Å². The van der Waals surface area contributed by atoms with Crippen molar-refractivity contribution in [2.75, 3.05) is 26.4 Å². The first-order chi connectivity index (χ1) is 37.6. The standard InChI is InChI=1S/C66H112NO10P/c1-8-10-12-14-16-18-20-22-24-26-28-30-32-34-36-47-64(70)74-55-61(77-65(71)48-37-35-33-31-29-27-25-23-21-19-17-15-13-11-9-2)56-76-78(72,73)75-53-52-67-63(69)46-39-38-45-60(68)54-58(4)43-40-42-57(3)49-50-62-59(5)44-41-51-66(62,6)7/h22-25,40,42-43,49-50,54,61H,8-21,26-39,41,44-48,51-53,55-56H2,1-7H3,(H,67,69)(H,72,73)/b24-22-,25-23-,43-40+,50-49+,57-42+,58-54+/t61-/m1/s1. The molecule has 0 fully saturated rings. The Labute approximate surface area is 476 Å². The molecule has 12 heteroatoms. The summed E-state index contributed by atoms with van der Waals surface area (Å²) in [5.41, 5.74) is 5.07. The summed E-state index contributed by atoms with van der Waals surface area (Å²) < 4.78 is 34.2. The van der Waals surface area contributed by atoms with Crippen molar-refractivity contribution in [3.05, 3.63) is 83.1 Å². The minimum atomic E-state index is -4.62. The lowest BCUT2D eigenvalue weighted by molar-refractivity contribution is -0.161. The molecule has 0 aromatic heterocycles. The summed E-state index contributed by atoms with van der Waals surface area (Å²) in [7, 11) is -4.62. The Morgan fingerprint density at radius 3 is 1.68 bits per heavy atom. The van der Waals surface area contributed by atoms with E-state index in [-0.39, 0.29) is 56.1 Å². The molecule has 0 saturated carbocycles. The smallest absolute Gasteiger partial charge is 0.462 e. The van der Waals surface area contributed by atoms with Crippen LogP contribution in [-0.2, 0) is 42.3 Å². The number of allylic oxidation sites excluding steroid dienone is 14. The largest absolute Gasteiger partial charge is 0.472 e. The van der Waals surface area contributed by atoms with Gasteiger partial charge in [-0.15, -0.1) is 0 Å². The van der Waals surface area contributed by atoms with E-state index >= 15 is 0 Å². The topological polar surface area (TPSA) is 155 Å². The fourth-order valence-electron chi connectivity index (χ4n) is 9.54. The van der Waals surface area contributed by atoms with Crippen molar-refractivity contribution in [1.82, 2.24) is 5.32 Å². The van der Waals surface area contributed by atoms with Crippen molar-refractivity contribution < 1.29 is 47.2 Å². The summed E-state index contributed by atoms with van der Waals surface area (Å²) in [6, 6.07) is 0. The van der Waals surface area contributed by atoms with Gasteiger partial charge in [-0.25, -0.2) is 4.57 Å². The summed E-state index contributed by atoms with van der Waals surface area (Å²) in [6.45, 7) is 14.1. The highest BCUT2D eigenvalue weighted by Gasteiger charge is 2.27. The van der Waals surface area contributed by atoms with Gasteiger partial charge in [-0.1, -0.05) is 196 Å². The van der Waals surface area contributed by atoms with E-state index < -0.39 is 32.5 Å². The van der Waals surface area contributed by atoms with Crippen LogP contribution in [0.15, 0.2) is 83.1 Å². The summed E-state index contributed by atoms with van der Waals surface area (Å²) in [5, 5.41) is 2.66. The molecular weight excluding hydrogens is 998 g/mol. The van der Waals surface area contributed by atoms with Gasteiger partial charge in [-0.05, 0) is 140 Å². The molecule has 0 bridgehead atoms. The predicted octanol–water partition coefficient (Wildman–Crippen LogP) is 18.4. The van der Waals surface area contributed by atoms with E-state index in [2.05, 4.69) is 83.3 Å². The fourth-order valence-corrected chi connectivity index (χ4v) is 10.3. The van der Waals surface area contributed by atoms with Crippen molar-refractivity contribution in [3.63, 3.8) is 0 Å². The van der Waals surface area contributed by atoms with Gasteiger partial charge in [0.25, 0.3) is 0 Å². The van der Waals surface area contributed by atoms with Crippen LogP contribution in [-0.4, -0.2) is 61.0 Å². The van der Waals surface area contributed by atoms with Crippen molar-refractivity contribution in [2.45, 2.75) is 279 Å². The maximum atomic E-state index is 12.9. The van der Waals surface area contributed by atoms with Crippen LogP contribution < -0.4 is 5.32 Å². The zero-order valence-corrected chi connectivity index (χ0v) is 51.4. The molecule has 1 amide bonds. The average molecular weight is 1110 g/mol. The van der Waals surface area contributed by atoms with Crippen molar-refractivity contribution in [2.24, 2.45) is 5.41 Å². The van der Waals surface area contributed by atoms with E-state index in [0.29, 0.717) is 32.1 Å². The van der Waals surface area contributed by atoms with Crippen molar-refractivity contribution in [1.29, 1.82) is 0 Å². The molecule has 1 unspecified atom stereocenters. The molecule has 0 aromatic carbocycles. The number of phosphoric ester groups is 1. The van der Waals surface area contributed by atoms with Crippen molar-refractivity contribution in [3.8, 4) is 0 Å². The van der Waals surface area contributed by atoms with Gasteiger partial charge in [-0.3, -0.25) is 28.2 Å². The molecule has 0 aromatic rings. The van der Waals surface area contributed by atoms with Crippen LogP contribution in [0.4, 0.5) is 0 Å². The zero-order valence-electron chi connectivity index (χ0n) is 50.5. The first-order valence-electron chi connectivity index (χ1n) is 31.1. The van der Waals surface area contributed by atoms with E-state index in [1.165, 1.54) is 101 Å². The van der Waals surface area contributed by atoms with E-state index in [4.69, 9.17) is 18.5 Å². The summed E-state index contributed by atoms with van der Waals surface area (Å²) >= 11 is 0. The minimum Gasteiger partial charge on any atom is -0.462 e. The Morgan fingerprint density at radius 1 is 0.628 bits per heavy atom.